The number of carboxylic acids is 1. The summed E-state index contributed by atoms with van der Waals surface area (Å²) in [5.41, 5.74) is -0.0267. The van der Waals surface area contributed by atoms with E-state index in [0.717, 1.165) is 0 Å². The number of ether oxygens (including phenoxy) is 1. The van der Waals surface area contributed by atoms with E-state index in [-0.39, 0.29) is 29.1 Å². The van der Waals surface area contributed by atoms with Gasteiger partial charge in [0.2, 0.25) is 0 Å². The second kappa shape index (κ2) is 6.47. The number of benzene rings is 1. The molecule has 1 aromatic rings. The average Bonchev–Trinajstić information content (AvgIpc) is 2.36. The third kappa shape index (κ3) is 3.41. The molecule has 6 heteroatoms. The number of alkyl halides is 1. The van der Waals surface area contributed by atoms with Crippen molar-refractivity contribution >= 4 is 33.7 Å². The fourth-order valence-electron chi connectivity index (χ4n) is 1.62. The normalized spacial score (nSPS) is 11.7. The molecule has 0 spiro atoms. The van der Waals surface area contributed by atoms with Crippen LogP contribution < -0.4 is 0 Å². The Labute approximate surface area is 118 Å². The van der Waals surface area contributed by atoms with Gasteiger partial charge in [-0.05, 0) is 25.5 Å². The molecule has 0 aliphatic heterocycles. The first-order valence-corrected chi connectivity index (χ1v) is 6.49. The number of Topliss-reactive ketones (excluding diaryl/α,β-unsaturated/α-hetero) is 1. The SMILES string of the molecule is CCOC(=O)c1cccc(C(Br)C(C)=O)c1C(=O)O. The van der Waals surface area contributed by atoms with Crippen molar-refractivity contribution in [2.24, 2.45) is 0 Å². The van der Waals surface area contributed by atoms with Gasteiger partial charge in [0.1, 0.15) is 5.78 Å². The molecule has 0 aliphatic carbocycles. The Balaban J connectivity index is 3.42. The van der Waals surface area contributed by atoms with E-state index in [1.54, 1.807) is 6.92 Å². The Morgan fingerprint density at radius 3 is 2.47 bits per heavy atom. The maximum Gasteiger partial charge on any atom is 0.339 e. The highest BCUT2D eigenvalue weighted by Crippen LogP contribution is 2.29. The minimum Gasteiger partial charge on any atom is -0.478 e. The standard InChI is InChI=1S/C13H13BrO5/c1-3-19-13(18)9-6-4-5-8(10(9)12(16)17)11(14)7(2)15/h4-6,11H,3H2,1-2H3,(H,16,17). The van der Waals surface area contributed by atoms with Crippen molar-refractivity contribution in [2.45, 2.75) is 18.7 Å². The molecule has 0 aromatic heterocycles. The topological polar surface area (TPSA) is 80.7 Å². The quantitative estimate of drug-likeness (QED) is 0.663. The summed E-state index contributed by atoms with van der Waals surface area (Å²) in [6.45, 7) is 3.11. The minimum absolute atomic E-state index is 0.0578. The Morgan fingerprint density at radius 1 is 1.37 bits per heavy atom. The van der Waals surface area contributed by atoms with Gasteiger partial charge in [0, 0.05) is 0 Å². The maximum atomic E-state index is 11.7. The molecule has 19 heavy (non-hydrogen) atoms. The Morgan fingerprint density at radius 2 is 2.00 bits per heavy atom. The van der Waals surface area contributed by atoms with E-state index in [2.05, 4.69) is 15.9 Å². The van der Waals surface area contributed by atoms with Crippen LogP contribution in [0.2, 0.25) is 0 Å². The molecule has 0 radical (unpaired) electrons. The molecule has 1 unspecified atom stereocenters. The molecule has 1 atom stereocenters. The van der Waals surface area contributed by atoms with E-state index >= 15 is 0 Å². The van der Waals surface area contributed by atoms with Crippen LogP contribution in [0.25, 0.3) is 0 Å². The summed E-state index contributed by atoms with van der Waals surface area (Å²) < 4.78 is 4.81. The summed E-state index contributed by atoms with van der Waals surface area (Å²) in [5.74, 6) is -2.24. The zero-order valence-corrected chi connectivity index (χ0v) is 12.1. The smallest absolute Gasteiger partial charge is 0.339 e. The van der Waals surface area contributed by atoms with E-state index in [4.69, 9.17) is 4.74 Å². The van der Waals surface area contributed by atoms with Crippen LogP contribution in [0.15, 0.2) is 18.2 Å². The van der Waals surface area contributed by atoms with Crippen LogP contribution in [0, 0.1) is 0 Å². The third-order valence-corrected chi connectivity index (χ3v) is 3.57. The average molecular weight is 329 g/mol. The van der Waals surface area contributed by atoms with Crippen molar-refractivity contribution < 1.29 is 24.2 Å². The molecular formula is C13H13BrO5. The fourth-order valence-corrected chi connectivity index (χ4v) is 2.00. The largest absolute Gasteiger partial charge is 0.478 e. The number of carboxylic acid groups (broad SMARTS) is 1. The van der Waals surface area contributed by atoms with Crippen molar-refractivity contribution in [3.63, 3.8) is 0 Å². The van der Waals surface area contributed by atoms with Crippen LogP contribution >= 0.6 is 15.9 Å². The van der Waals surface area contributed by atoms with Gasteiger partial charge in [0.15, 0.2) is 0 Å². The van der Waals surface area contributed by atoms with Gasteiger partial charge in [-0.1, -0.05) is 28.1 Å². The number of halogens is 1. The van der Waals surface area contributed by atoms with Crippen molar-refractivity contribution in [1.82, 2.24) is 0 Å². The van der Waals surface area contributed by atoms with Gasteiger partial charge in [0.25, 0.3) is 0 Å². The van der Waals surface area contributed by atoms with Gasteiger partial charge in [-0.25, -0.2) is 9.59 Å². The first kappa shape index (κ1) is 15.4. The minimum atomic E-state index is -1.27. The highest BCUT2D eigenvalue weighted by atomic mass is 79.9. The molecule has 0 saturated carbocycles. The number of aromatic carboxylic acids is 1. The molecule has 1 aromatic carbocycles. The Bertz CT molecular complexity index is 524. The second-order valence-electron chi connectivity index (χ2n) is 3.77. The van der Waals surface area contributed by atoms with Crippen LogP contribution in [0.5, 0.6) is 0 Å². The van der Waals surface area contributed by atoms with E-state index in [1.165, 1.54) is 25.1 Å². The molecule has 1 N–H and O–H groups in total. The lowest BCUT2D eigenvalue weighted by Crippen LogP contribution is -2.16. The summed E-state index contributed by atoms with van der Waals surface area (Å²) in [5, 5.41) is 9.25. The first-order chi connectivity index (χ1) is 8.90. The van der Waals surface area contributed by atoms with Gasteiger partial charge in [0.05, 0.1) is 22.6 Å². The maximum absolute atomic E-state index is 11.7. The molecule has 0 bridgehead atoms. The van der Waals surface area contributed by atoms with Crippen LogP contribution in [0.1, 0.15) is 45.0 Å². The highest BCUT2D eigenvalue weighted by Gasteiger charge is 2.26. The number of esters is 1. The van der Waals surface area contributed by atoms with Crippen molar-refractivity contribution in [3.8, 4) is 0 Å². The lowest BCUT2D eigenvalue weighted by Gasteiger charge is -2.13. The van der Waals surface area contributed by atoms with E-state index in [1.807, 2.05) is 0 Å². The molecule has 0 heterocycles. The third-order valence-electron chi connectivity index (χ3n) is 2.44. The first-order valence-electron chi connectivity index (χ1n) is 5.58. The zero-order valence-electron chi connectivity index (χ0n) is 10.5. The van der Waals surface area contributed by atoms with Gasteiger partial charge < -0.3 is 9.84 Å². The summed E-state index contributed by atoms with van der Waals surface area (Å²) in [7, 11) is 0. The number of hydrogen-bond donors (Lipinski definition) is 1. The van der Waals surface area contributed by atoms with Gasteiger partial charge in [-0.3, -0.25) is 4.79 Å². The second-order valence-corrected chi connectivity index (χ2v) is 4.68. The van der Waals surface area contributed by atoms with Crippen molar-refractivity contribution in [3.05, 3.63) is 34.9 Å². The fraction of sp³-hybridized carbons (Fsp3) is 0.308. The summed E-state index contributed by atoms with van der Waals surface area (Å²) in [4.78, 5) is 33.7. The Hall–Kier alpha value is -1.69. The van der Waals surface area contributed by atoms with E-state index in [0.29, 0.717) is 0 Å². The highest BCUT2D eigenvalue weighted by molar-refractivity contribution is 9.09. The Kier molecular flexibility index (Phi) is 5.23. The summed E-state index contributed by atoms with van der Waals surface area (Å²) >= 11 is 3.13. The summed E-state index contributed by atoms with van der Waals surface area (Å²) in [6, 6.07) is 4.38. The van der Waals surface area contributed by atoms with Gasteiger partial charge in [-0.2, -0.15) is 0 Å². The number of ketones is 1. The molecule has 5 nitrogen and oxygen atoms in total. The predicted octanol–water partition coefficient (Wildman–Crippen LogP) is 2.59. The van der Waals surface area contributed by atoms with Crippen molar-refractivity contribution in [1.29, 1.82) is 0 Å². The molecule has 1 rings (SSSR count). The van der Waals surface area contributed by atoms with Crippen LogP contribution in [-0.4, -0.2) is 29.4 Å². The monoisotopic (exact) mass is 328 g/mol. The predicted molar refractivity (Wildman–Crippen MR) is 71.7 cm³/mol. The summed E-state index contributed by atoms with van der Waals surface area (Å²) in [6.07, 6.45) is 0. The molecule has 0 amide bonds. The number of hydrogen-bond acceptors (Lipinski definition) is 4. The van der Waals surface area contributed by atoms with Crippen LogP contribution in [-0.2, 0) is 9.53 Å². The van der Waals surface area contributed by atoms with Crippen LogP contribution in [0.4, 0.5) is 0 Å². The lowest BCUT2D eigenvalue weighted by molar-refractivity contribution is -0.116. The van der Waals surface area contributed by atoms with Crippen LogP contribution in [0.3, 0.4) is 0 Å². The number of carbonyl (C=O) groups is 3. The molecule has 102 valence electrons. The molecule has 0 fully saturated rings. The van der Waals surface area contributed by atoms with Gasteiger partial charge in [-0.15, -0.1) is 0 Å². The van der Waals surface area contributed by atoms with E-state index in [9.17, 15) is 19.5 Å². The van der Waals surface area contributed by atoms with Gasteiger partial charge >= 0.3 is 11.9 Å². The lowest BCUT2D eigenvalue weighted by atomic mass is 9.97. The number of rotatable bonds is 5. The van der Waals surface area contributed by atoms with Crippen molar-refractivity contribution in [2.75, 3.05) is 6.61 Å². The zero-order chi connectivity index (χ0) is 14.6. The number of carbonyl (C=O) groups excluding carboxylic acids is 2. The van der Waals surface area contributed by atoms with E-state index < -0.39 is 16.8 Å². The molecule has 0 saturated heterocycles. The molecule has 0 aliphatic rings. The molecular weight excluding hydrogens is 316 g/mol.